The Hall–Kier alpha value is -3.15. The van der Waals surface area contributed by atoms with E-state index in [9.17, 15) is 4.79 Å². The summed E-state index contributed by atoms with van der Waals surface area (Å²) >= 11 is 0. The molecule has 126 valence electrons. The number of nitrogens with one attached hydrogen (secondary N) is 1. The molecule has 6 heteroatoms. The number of hydrogen-bond donors (Lipinski definition) is 1. The van der Waals surface area contributed by atoms with E-state index >= 15 is 0 Å². The van der Waals surface area contributed by atoms with E-state index in [1.54, 1.807) is 11.0 Å². The number of carbonyl (C=O) groups excluding carboxylic acids is 1. The lowest BCUT2D eigenvalue weighted by Crippen LogP contribution is -2.38. The number of hydrogen-bond acceptors (Lipinski definition) is 4. The molecule has 2 heterocycles. The zero-order valence-corrected chi connectivity index (χ0v) is 13.8. The lowest BCUT2D eigenvalue weighted by Gasteiger charge is -2.17. The summed E-state index contributed by atoms with van der Waals surface area (Å²) < 4.78 is 7.43. The zero-order chi connectivity index (χ0) is 17.2. The van der Waals surface area contributed by atoms with Crippen molar-refractivity contribution in [2.45, 2.75) is 25.5 Å². The fourth-order valence-electron chi connectivity index (χ4n) is 2.98. The number of amides is 1. The number of rotatable bonds is 4. The third-order valence-electron chi connectivity index (χ3n) is 4.37. The first-order chi connectivity index (χ1) is 12.2. The van der Waals surface area contributed by atoms with Crippen molar-refractivity contribution in [3.8, 4) is 11.4 Å². The minimum absolute atomic E-state index is 0.0935. The molecule has 0 radical (unpaired) electrons. The number of ether oxygens (including phenoxy) is 1. The highest BCUT2D eigenvalue weighted by Gasteiger charge is 2.29. The number of nitrogens with zero attached hydrogens (tertiary/aromatic N) is 3. The Balaban J connectivity index is 1.40. The summed E-state index contributed by atoms with van der Waals surface area (Å²) in [5, 5.41) is 7.13. The number of para-hydroxylation sites is 1. The van der Waals surface area contributed by atoms with Gasteiger partial charge in [-0.1, -0.05) is 30.3 Å². The molecule has 0 unspecified atom stereocenters. The SMILES string of the molecule is C[C@H](NC(=O)[C@H]1Cc2ccccc2O1)c1ccc(-n2cncn2)cc1. The van der Waals surface area contributed by atoms with Gasteiger partial charge < -0.3 is 10.1 Å². The number of fused-ring (bicyclic) bond motifs is 1. The summed E-state index contributed by atoms with van der Waals surface area (Å²) in [4.78, 5) is 16.4. The van der Waals surface area contributed by atoms with Crippen LogP contribution in [-0.2, 0) is 11.2 Å². The van der Waals surface area contributed by atoms with Crippen molar-refractivity contribution < 1.29 is 9.53 Å². The smallest absolute Gasteiger partial charge is 0.261 e. The number of benzene rings is 2. The van der Waals surface area contributed by atoms with Crippen LogP contribution in [0.15, 0.2) is 61.2 Å². The predicted molar refractivity (Wildman–Crippen MR) is 92.5 cm³/mol. The second-order valence-electron chi connectivity index (χ2n) is 6.08. The Morgan fingerprint density at radius 1 is 1.24 bits per heavy atom. The van der Waals surface area contributed by atoms with Crippen molar-refractivity contribution in [1.29, 1.82) is 0 Å². The van der Waals surface area contributed by atoms with Crippen LogP contribution in [0.4, 0.5) is 0 Å². The van der Waals surface area contributed by atoms with Crippen LogP contribution in [0, 0.1) is 0 Å². The molecule has 1 N–H and O–H groups in total. The second-order valence-corrected chi connectivity index (χ2v) is 6.08. The molecule has 0 spiro atoms. The van der Waals surface area contributed by atoms with Gasteiger partial charge in [-0.05, 0) is 36.2 Å². The molecule has 0 saturated carbocycles. The highest BCUT2D eigenvalue weighted by Crippen LogP contribution is 2.28. The maximum Gasteiger partial charge on any atom is 0.261 e. The van der Waals surface area contributed by atoms with Gasteiger partial charge in [0, 0.05) is 6.42 Å². The van der Waals surface area contributed by atoms with Gasteiger partial charge in [0.2, 0.25) is 0 Å². The van der Waals surface area contributed by atoms with Crippen LogP contribution in [0.2, 0.25) is 0 Å². The molecular formula is C19H18N4O2. The van der Waals surface area contributed by atoms with Crippen molar-refractivity contribution in [2.75, 3.05) is 0 Å². The zero-order valence-electron chi connectivity index (χ0n) is 13.8. The van der Waals surface area contributed by atoms with Crippen molar-refractivity contribution in [2.24, 2.45) is 0 Å². The molecule has 2 atom stereocenters. The molecule has 0 saturated heterocycles. The van der Waals surface area contributed by atoms with E-state index in [0.29, 0.717) is 6.42 Å². The van der Waals surface area contributed by atoms with E-state index in [2.05, 4.69) is 15.4 Å². The first-order valence-corrected chi connectivity index (χ1v) is 8.20. The lowest BCUT2D eigenvalue weighted by molar-refractivity contribution is -0.127. The Morgan fingerprint density at radius 2 is 2.04 bits per heavy atom. The van der Waals surface area contributed by atoms with Crippen molar-refractivity contribution in [1.82, 2.24) is 20.1 Å². The minimum atomic E-state index is -0.464. The van der Waals surface area contributed by atoms with Crippen LogP contribution in [-0.4, -0.2) is 26.8 Å². The molecule has 1 aliphatic rings. The molecule has 2 aromatic carbocycles. The first-order valence-electron chi connectivity index (χ1n) is 8.20. The Morgan fingerprint density at radius 3 is 2.76 bits per heavy atom. The van der Waals surface area contributed by atoms with Crippen LogP contribution in [0.1, 0.15) is 24.1 Å². The third kappa shape index (κ3) is 3.10. The maximum atomic E-state index is 12.5. The van der Waals surface area contributed by atoms with E-state index in [4.69, 9.17) is 4.74 Å². The van der Waals surface area contributed by atoms with Crippen LogP contribution in [0.5, 0.6) is 5.75 Å². The minimum Gasteiger partial charge on any atom is -0.480 e. The van der Waals surface area contributed by atoms with Crippen molar-refractivity contribution in [3.05, 3.63) is 72.3 Å². The van der Waals surface area contributed by atoms with Gasteiger partial charge in [0.25, 0.3) is 5.91 Å². The molecule has 6 nitrogen and oxygen atoms in total. The molecule has 0 bridgehead atoms. The summed E-state index contributed by atoms with van der Waals surface area (Å²) in [6, 6.07) is 15.5. The number of carbonyl (C=O) groups is 1. The maximum absolute atomic E-state index is 12.5. The van der Waals surface area contributed by atoms with Gasteiger partial charge in [-0.25, -0.2) is 9.67 Å². The standard InChI is InChI=1S/C19H18N4O2/c1-13(14-6-8-16(9-7-14)23-12-20-11-21-23)22-19(24)18-10-15-4-2-3-5-17(15)25-18/h2-9,11-13,18H,10H2,1H3,(H,22,24)/t13-,18+/m0/s1. The normalized spacial score (nSPS) is 16.8. The fourth-order valence-corrected chi connectivity index (χ4v) is 2.98. The molecule has 4 rings (SSSR count). The van der Waals surface area contributed by atoms with E-state index in [-0.39, 0.29) is 11.9 Å². The third-order valence-corrected chi connectivity index (χ3v) is 4.37. The summed E-state index contributed by atoms with van der Waals surface area (Å²) in [6.45, 7) is 1.96. The molecule has 25 heavy (non-hydrogen) atoms. The average molecular weight is 334 g/mol. The second kappa shape index (κ2) is 6.39. The van der Waals surface area contributed by atoms with Gasteiger partial charge in [0.15, 0.2) is 6.10 Å². The molecule has 1 amide bonds. The van der Waals surface area contributed by atoms with Crippen molar-refractivity contribution in [3.63, 3.8) is 0 Å². The quantitative estimate of drug-likeness (QED) is 0.796. The van der Waals surface area contributed by atoms with E-state index in [1.165, 1.54) is 6.33 Å². The van der Waals surface area contributed by atoms with Gasteiger partial charge in [-0.15, -0.1) is 0 Å². The molecule has 0 aliphatic carbocycles. The largest absolute Gasteiger partial charge is 0.480 e. The fraction of sp³-hybridized carbons (Fsp3) is 0.211. The Labute approximate surface area is 145 Å². The molecule has 3 aromatic rings. The highest BCUT2D eigenvalue weighted by atomic mass is 16.5. The average Bonchev–Trinajstić information content (AvgIpc) is 3.31. The van der Waals surface area contributed by atoms with Gasteiger partial charge in [0.1, 0.15) is 18.4 Å². The molecule has 0 fully saturated rings. The summed E-state index contributed by atoms with van der Waals surface area (Å²) in [5.41, 5.74) is 3.02. The van der Waals surface area contributed by atoms with E-state index < -0.39 is 6.10 Å². The van der Waals surface area contributed by atoms with Gasteiger partial charge >= 0.3 is 0 Å². The Kier molecular flexibility index (Phi) is 3.93. The van der Waals surface area contributed by atoms with Crippen LogP contribution in [0.3, 0.4) is 0 Å². The molecule has 1 aliphatic heterocycles. The van der Waals surface area contributed by atoms with Gasteiger partial charge in [-0.3, -0.25) is 4.79 Å². The monoisotopic (exact) mass is 334 g/mol. The lowest BCUT2D eigenvalue weighted by atomic mass is 10.1. The van der Waals surface area contributed by atoms with Gasteiger partial charge in [-0.2, -0.15) is 5.10 Å². The molecular weight excluding hydrogens is 316 g/mol. The van der Waals surface area contributed by atoms with E-state index in [0.717, 1.165) is 22.6 Å². The van der Waals surface area contributed by atoms with Crippen LogP contribution < -0.4 is 10.1 Å². The van der Waals surface area contributed by atoms with E-state index in [1.807, 2.05) is 55.5 Å². The van der Waals surface area contributed by atoms with Crippen LogP contribution in [0.25, 0.3) is 5.69 Å². The highest BCUT2D eigenvalue weighted by molar-refractivity contribution is 5.82. The predicted octanol–water partition coefficient (Wildman–Crippen LogP) is 2.45. The summed E-state index contributed by atoms with van der Waals surface area (Å²) in [6.07, 6.45) is 3.29. The Bertz CT molecular complexity index is 850. The van der Waals surface area contributed by atoms with Crippen molar-refractivity contribution >= 4 is 5.91 Å². The summed E-state index contributed by atoms with van der Waals surface area (Å²) in [5.74, 6) is 0.705. The topological polar surface area (TPSA) is 69.0 Å². The summed E-state index contributed by atoms with van der Waals surface area (Å²) in [7, 11) is 0. The number of aromatic nitrogens is 3. The molecule has 1 aromatic heterocycles. The van der Waals surface area contributed by atoms with Crippen LogP contribution >= 0.6 is 0 Å². The van der Waals surface area contributed by atoms with Gasteiger partial charge in [0.05, 0.1) is 11.7 Å². The first kappa shape index (κ1) is 15.4.